The molecule has 1 aromatic rings. The Balaban J connectivity index is 2.54. The average Bonchev–Trinajstić information content (AvgIpc) is 2.67. The van der Waals surface area contributed by atoms with Crippen molar-refractivity contribution in [2.24, 2.45) is 0 Å². The van der Waals surface area contributed by atoms with Crippen molar-refractivity contribution in [1.82, 2.24) is 4.98 Å². The lowest BCUT2D eigenvalue weighted by Gasteiger charge is -2.10. The number of esters is 1. The summed E-state index contributed by atoms with van der Waals surface area (Å²) in [4.78, 5) is 15.5. The third-order valence-corrected chi connectivity index (χ3v) is 3.38. The van der Waals surface area contributed by atoms with Crippen LogP contribution in [0.1, 0.15) is 24.3 Å². The van der Waals surface area contributed by atoms with Crippen molar-refractivity contribution >= 4 is 34.2 Å². The highest BCUT2D eigenvalue weighted by atomic mass is 32.2. The Morgan fingerprint density at radius 1 is 1.75 bits per heavy atom. The van der Waals surface area contributed by atoms with Crippen molar-refractivity contribution in [2.75, 3.05) is 23.9 Å². The van der Waals surface area contributed by atoms with Gasteiger partial charge in [-0.2, -0.15) is 11.8 Å². The fraction of sp³-hybridized carbons (Fsp3) is 0.600. The topological polar surface area (TPSA) is 51.2 Å². The molecule has 0 spiro atoms. The van der Waals surface area contributed by atoms with Gasteiger partial charge in [-0.1, -0.05) is 0 Å². The molecule has 0 aliphatic rings. The van der Waals surface area contributed by atoms with Crippen LogP contribution in [0.3, 0.4) is 0 Å². The molecule has 0 amide bonds. The number of thioether (sulfide) groups is 1. The summed E-state index contributed by atoms with van der Waals surface area (Å²) in [7, 11) is 0. The molecule has 1 N–H and O–H groups in total. The van der Waals surface area contributed by atoms with Crippen molar-refractivity contribution in [3.05, 3.63) is 11.1 Å². The molecule has 1 heterocycles. The van der Waals surface area contributed by atoms with Crippen LogP contribution in [-0.2, 0) is 4.74 Å². The maximum atomic E-state index is 11.4. The number of nitrogens with one attached hydrogen (secondary N) is 1. The van der Waals surface area contributed by atoms with E-state index in [0.29, 0.717) is 18.3 Å². The highest BCUT2D eigenvalue weighted by molar-refractivity contribution is 7.98. The van der Waals surface area contributed by atoms with Gasteiger partial charge in [0.05, 0.1) is 6.61 Å². The smallest absolute Gasteiger partial charge is 0.357 e. The number of aromatic nitrogens is 1. The number of hydrogen-bond acceptors (Lipinski definition) is 6. The third kappa shape index (κ3) is 4.02. The van der Waals surface area contributed by atoms with Crippen LogP contribution in [0.25, 0.3) is 0 Å². The van der Waals surface area contributed by atoms with Crippen LogP contribution in [0, 0.1) is 0 Å². The zero-order chi connectivity index (χ0) is 12.0. The molecule has 0 saturated carbocycles. The molecule has 0 aliphatic carbocycles. The average molecular weight is 260 g/mol. The molecular formula is C10H16N2O2S2. The molecule has 1 rings (SSSR count). The molecule has 1 aromatic heterocycles. The summed E-state index contributed by atoms with van der Waals surface area (Å²) in [5.74, 6) is 0.651. The number of carbonyl (C=O) groups excluding carboxylic acids is 1. The number of carbonyl (C=O) groups is 1. The van der Waals surface area contributed by atoms with Gasteiger partial charge < -0.3 is 10.1 Å². The van der Waals surface area contributed by atoms with Crippen LogP contribution >= 0.6 is 23.1 Å². The SMILES string of the molecule is CCOC(=O)c1csc(NC(C)CSC)n1. The van der Waals surface area contributed by atoms with Crippen LogP contribution in [0.2, 0.25) is 0 Å². The highest BCUT2D eigenvalue weighted by Crippen LogP contribution is 2.17. The first kappa shape index (κ1) is 13.3. The Morgan fingerprint density at radius 3 is 3.12 bits per heavy atom. The van der Waals surface area contributed by atoms with E-state index < -0.39 is 0 Å². The first-order chi connectivity index (χ1) is 7.67. The summed E-state index contributed by atoms with van der Waals surface area (Å²) >= 11 is 3.20. The van der Waals surface area contributed by atoms with Gasteiger partial charge in [-0.05, 0) is 20.1 Å². The van der Waals surface area contributed by atoms with E-state index >= 15 is 0 Å². The van der Waals surface area contributed by atoms with Gasteiger partial charge in [-0.3, -0.25) is 0 Å². The van der Waals surface area contributed by atoms with E-state index in [1.54, 1.807) is 24.1 Å². The van der Waals surface area contributed by atoms with E-state index in [0.717, 1.165) is 10.9 Å². The van der Waals surface area contributed by atoms with Gasteiger partial charge in [0.25, 0.3) is 0 Å². The second kappa shape index (κ2) is 6.75. The quantitative estimate of drug-likeness (QED) is 0.796. The van der Waals surface area contributed by atoms with Gasteiger partial charge in [0.15, 0.2) is 10.8 Å². The molecule has 0 fully saturated rings. The summed E-state index contributed by atoms with van der Waals surface area (Å²) in [5, 5.41) is 5.72. The molecule has 1 unspecified atom stereocenters. The first-order valence-electron chi connectivity index (χ1n) is 5.05. The maximum Gasteiger partial charge on any atom is 0.357 e. The second-order valence-corrected chi connectivity index (χ2v) is 5.03. The molecule has 90 valence electrons. The van der Waals surface area contributed by atoms with Crippen molar-refractivity contribution in [1.29, 1.82) is 0 Å². The largest absolute Gasteiger partial charge is 0.461 e. The molecule has 0 aromatic carbocycles. The molecule has 0 aliphatic heterocycles. The van der Waals surface area contributed by atoms with Crippen LogP contribution in [0.4, 0.5) is 5.13 Å². The Morgan fingerprint density at radius 2 is 2.50 bits per heavy atom. The molecule has 16 heavy (non-hydrogen) atoms. The molecule has 0 bridgehead atoms. The zero-order valence-electron chi connectivity index (χ0n) is 9.65. The Bertz CT molecular complexity index is 341. The minimum atomic E-state index is -0.357. The van der Waals surface area contributed by atoms with Crippen LogP contribution in [0.15, 0.2) is 5.38 Å². The van der Waals surface area contributed by atoms with E-state index in [1.807, 2.05) is 0 Å². The lowest BCUT2D eigenvalue weighted by Crippen LogP contribution is -2.17. The van der Waals surface area contributed by atoms with Crippen molar-refractivity contribution < 1.29 is 9.53 Å². The zero-order valence-corrected chi connectivity index (χ0v) is 11.3. The molecule has 6 heteroatoms. The van der Waals surface area contributed by atoms with E-state index in [4.69, 9.17) is 4.74 Å². The molecule has 0 radical (unpaired) electrons. The predicted molar refractivity (Wildman–Crippen MR) is 69.5 cm³/mol. The van der Waals surface area contributed by atoms with Gasteiger partial charge in [-0.15, -0.1) is 11.3 Å². The van der Waals surface area contributed by atoms with Crippen LogP contribution < -0.4 is 5.32 Å². The number of anilines is 1. The van der Waals surface area contributed by atoms with E-state index in [1.165, 1.54) is 11.3 Å². The fourth-order valence-corrected chi connectivity index (χ4v) is 2.52. The number of nitrogens with zero attached hydrogens (tertiary/aromatic N) is 1. The van der Waals surface area contributed by atoms with Gasteiger partial charge in [0.1, 0.15) is 0 Å². The van der Waals surface area contributed by atoms with E-state index in [9.17, 15) is 4.79 Å². The molecule has 4 nitrogen and oxygen atoms in total. The van der Waals surface area contributed by atoms with E-state index in [2.05, 4.69) is 23.5 Å². The minimum Gasteiger partial charge on any atom is -0.461 e. The van der Waals surface area contributed by atoms with Gasteiger partial charge in [0, 0.05) is 17.2 Å². The predicted octanol–water partition coefficient (Wildman–Crippen LogP) is 2.48. The highest BCUT2D eigenvalue weighted by Gasteiger charge is 2.12. The number of thiazole rings is 1. The summed E-state index contributed by atoms with van der Waals surface area (Å²) in [6.45, 7) is 4.24. The van der Waals surface area contributed by atoms with Crippen molar-refractivity contribution in [2.45, 2.75) is 19.9 Å². The Kier molecular flexibility index (Phi) is 5.62. The van der Waals surface area contributed by atoms with Gasteiger partial charge >= 0.3 is 5.97 Å². The molecular weight excluding hydrogens is 244 g/mol. The van der Waals surface area contributed by atoms with Gasteiger partial charge in [-0.25, -0.2) is 9.78 Å². The normalized spacial score (nSPS) is 12.2. The van der Waals surface area contributed by atoms with Crippen molar-refractivity contribution in [3.8, 4) is 0 Å². The summed E-state index contributed by atoms with van der Waals surface area (Å²) < 4.78 is 4.87. The summed E-state index contributed by atoms with van der Waals surface area (Å²) in [6.07, 6.45) is 2.06. The standard InChI is InChI=1S/C10H16N2O2S2/c1-4-14-9(13)8-6-16-10(12-8)11-7(2)5-15-3/h6-7H,4-5H2,1-3H3,(H,11,12). The van der Waals surface area contributed by atoms with Gasteiger partial charge in [0.2, 0.25) is 0 Å². The lowest BCUT2D eigenvalue weighted by atomic mass is 10.4. The fourth-order valence-electron chi connectivity index (χ4n) is 1.14. The maximum absolute atomic E-state index is 11.4. The molecule has 1 atom stereocenters. The van der Waals surface area contributed by atoms with Crippen LogP contribution in [-0.4, -0.2) is 35.6 Å². The first-order valence-corrected chi connectivity index (χ1v) is 7.32. The third-order valence-electron chi connectivity index (χ3n) is 1.78. The number of rotatable bonds is 6. The Labute approximate surface area is 104 Å². The summed E-state index contributed by atoms with van der Waals surface area (Å²) in [6, 6.07) is 0.344. The molecule has 0 saturated heterocycles. The van der Waals surface area contributed by atoms with Crippen LogP contribution in [0.5, 0.6) is 0 Å². The number of ether oxygens (including phenoxy) is 1. The minimum absolute atomic E-state index is 0.344. The number of hydrogen-bond donors (Lipinski definition) is 1. The Hall–Kier alpha value is -0.750. The monoisotopic (exact) mass is 260 g/mol. The lowest BCUT2D eigenvalue weighted by molar-refractivity contribution is 0.0520. The van der Waals surface area contributed by atoms with Crippen molar-refractivity contribution in [3.63, 3.8) is 0 Å². The summed E-state index contributed by atoms with van der Waals surface area (Å²) in [5.41, 5.74) is 0.380. The second-order valence-electron chi connectivity index (χ2n) is 3.26. The van der Waals surface area contributed by atoms with E-state index in [-0.39, 0.29) is 5.97 Å².